The van der Waals surface area contributed by atoms with Crippen LogP contribution < -0.4 is 21.5 Å². The Balaban J connectivity index is 1.60. The number of hydrazine groups is 1. The highest BCUT2D eigenvalue weighted by atomic mass is 19.1. The maximum Gasteiger partial charge on any atom is 0.261 e. The third kappa shape index (κ3) is 5.22. The quantitative estimate of drug-likeness (QED) is 0.471. The number of carbonyl (C=O) groups excluding carboxylic acids is 3. The van der Waals surface area contributed by atoms with E-state index in [-0.39, 0.29) is 11.5 Å². The van der Waals surface area contributed by atoms with Crippen LogP contribution in [0.5, 0.6) is 0 Å². The average molecular weight is 507 g/mol. The molecule has 0 fully saturated rings. The highest BCUT2D eigenvalue weighted by Gasteiger charge is 2.35. The van der Waals surface area contributed by atoms with Gasteiger partial charge < -0.3 is 11.1 Å². The van der Waals surface area contributed by atoms with Crippen molar-refractivity contribution in [2.75, 3.05) is 5.01 Å². The summed E-state index contributed by atoms with van der Waals surface area (Å²) in [7, 11) is 0. The van der Waals surface area contributed by atoms with Gasteiger partial charge in [0.1, 0.15) is 23.7 Å². The Kier molecular flexibility index (Phi) is 7.35. The fourth-order valence-corrected chi connectivity index (χ4v) is 4.44. The van der Waals surface area contributed by atoms with E-state index in [9.17, 15) is 23.2 Å². The van der Waals surface area contributed by atoms with Crippen molar-refractivity contribution in [3.8, 4) is 11.1 Å². The van der Waals surface area contributed by atoms with Crippen LogP contribution in [-0.4, -0.2) is 23.8 Å². The average Bonchev–Trinajstić information content (AvgIpc) is 2.95. The predicted octanol–water partition coefficient (Wildman–Crippen LogP) is 3.95. The molecule has 7 nitrogen and oxygen atoms in total. The molecule has 3 aromatic carbocycles. The molecule has 37 heavy (non-hydrogen) atoms. The van der Waals surface area contributed by atoms with E-state index in [1.54, 1.807) is 32.9 Å². The molecule has 3 aromatic rings. The summed E-state index contributed by atoms with van der Waals surface area (Å²) in [5.74, 6) is -4.45. The highest BCUT2D eigenvalue weighted by Crippen LogP contribution is 2.40. The number of amides is 3. The molecular formula is C28H28F2N4O3. The van der Waals surface area contributed by atoms with Crippen LogP contribution in [0.4, 0.5) is 14.5 Å². The van der Waals surface area contributed by atoms with Crippen LogP contribution in [0.1, 0.15) is 43.9 Å². The monoisotopic (exact) mass is 506 g/mol. The zero-order valence-corrected chi connectivity index (χ0v) is 20.7. The van der Waals surface area contributed by atoms with Crippen molar-refractivity contribution >= 4 is 23.4 Å². The second-order valence-electron chi connectivity index (χ2n) is 9.39. The summed E-state index contributed by atoms with van der Waals surface area (Å²) in [6.45, 7) is 5.20. The minimum Gasteiger partial charge on any atom is -0.342 e. The molecule has 0 aromatic heterocycles. The first-order valence-electron chi connectivity index (χ1n) is 11.9. The van der Waals surface area contributed by atoms with Crippen molar-refractivity contribution in [1.82, 2.24) is 10.7 Å². The van der Waals surface area contributed by atoms with Gasteiger partial charge in [0.15, 0.2) is 0 Å². The van der Waals surface area contributed by atoms with Crippen molar-refractivity contribution in [1.29, 1.82) is 0 Å². The number of hydrogen-bond donors (Lipinski definition) is 3. The topological polar surface area (TPSA) is 105 Å². The number of nitrogens with two attached hydrogens (primary N) is 1. The predicted molar refractivity (Wildman–Crippen MR) is 136 cm³/mol. The molecule has 1 aliphatic heterocycles. The second-order valence-corrected chi connectivity index (χ2v) is 9.39. The fraction of sp³-hybridized carbons (Fsp3) is 0.250. The molecule has 0 saturated heterocycles. The highest BCUT2D eigenvalue weighted by molar-refractivity contribution is 6.07. The number of fused-ring (bicyclic) bond motifs is 3. The number of carbonyl (C=O) groups is 3. The summed E-state index contributed by atoms with van der Waals surface area (Å²) >= 11 is 0. The van der Waals surface area contributed by atoms with Gasteiger partial charge in [-0.3, -0.25) is 19.8 Å². The van der Waals surface area contributed by atoms with Crippen LogP contribution in [-0.2, 0) is 14.4 Å². The zero-order chi connectivity index (χ0) is 26.9. The van der Waals surface area contributed by atoms with Crippen molar-refractivity contribution < 1.29 is 23.2 Å². The van der Waals surface area contributed by atoms with E-state index in [1.807, 2.05) is 36.4 Å². The van der Waals surface area contributed by atoms with Gasteiger partial charge >= 0.3 is 0 Å². The number of nitrogens with one attached hydrogen (secondary N) is 2. The van der Waals surface area contributed by atoms with Gasteiger partial charge in [0.25, 0.3) is 11.8 Å². The van der Waals surface area contributed by atoms with E-state index < -0.39 is 47.4 Å². The fourth-order valence-electron chi connectivity index (χ4n) is 4.44. The zero-order valence-electron chi connectivity index (χ0n) is 20.7. The lowest BCUT2D eigenvalue weighted by Crippen LogP contribution is -2.57. The van der Waals surface area contributed by atoms with Gasteiger partial charge in [0, 0.05) is 11.6 Å². The number of nitrogens with zero attached hydrogens (tertiary/aromatic N) is 1. The third-order valence-electron chi connectivity index (χ3n) is 6.45. The summed E-state index contributed by atoms with van der Waals surface area (Å²) in [5.41, 5.74) is 11.5. The number of benzene rings is 3. The van der Waals surface area contributed by atoms with E-state index in [1.165, 1.54) is 5.01 Å². The molecule has 0 radical (unpaired) electrons. The van der Waals surface area contributed by atoms with Gasteiger partial charge in [-0.1, -0.05) is 56.3 Å². The lowest BCUT2D eigenvalue weighted by molar-refractivity contribution is -0.132. The van der Waals surface area contributed by atoms with Gasteiger partial charge in [-0.15, -0.1) is 0 Å². The molecule has 2 unspecified atom stereocenters. The van der Waals surface area contributed by atoms with Gasteiger partial charge in [-0.05, 0) is 47.7 Å². The van der Waals surface area contributed by atoms with E-state index >= 15 is 0 Å². The van der Waals surface area contributed by atoms with Crippen molar-refractivity contribution in [2.45, 2.75) is 38.8 Å². The molecule has 9 heteroatoms. The van der Waals surface area contributed by atoms with E-state index in [0.29, 0.717) is 11.8 Å². The molecule has 0 spiro atoms. The molecule has 0 saturated carbocycles. The molecule has 4 rings (SSSR count). The molecule has 1 heterocycles. The van der Waals surface area contributed by atoms with E-state index in [0.717, 1.165) is 28.8 Å². The Bertz CT molecular complexity index is 1340. The van der Waals surface area contributed by atoms with Gasteiger partial charge in [-0.2, -0.15) is 0 Å². The SMILES string of the molecule is CC1C(=O)N(NC(=O)[C@@H](NC(=O)C(N)c2cc(F)cc(F)c2)C(C)C)c2ccccc2-c2ccccc21. The van der Waals surface area contributed by atoms with Crippen LogP contribution in [0.15, 0.2) is 66.7 Å². The third-order valence-corrected chi connectivity index (χ3v) is 6.45. The molecular weight excluding hydrogens is 478 g/mol. The first-order valence-corrected chi connectivity index (χ1v) is 11.9. The number of hydrogen-bond acceptors (Lipinski definition) is 4. The van der Waals surface area contributed by atoms with Crippen molar-refractivity contribution in [3.05, 3.63) is 89.5 Å². The minimum absolute atomic E-state index is 0.0684. The molecule has 1 aliphatic rings. The normalized spacial score (nSPS) is 16.4. The van der Waals surface area contributed by atoms with E-state index in [2.05, 4.69) is 10.7 Å². The summed E-state index contributed by atoms with van der Waals surface area (Å²) in [4.78, 5) is 39.8. The summed E-state index contributed by atoms with van der Waals surface area (Å²) in [5, 5.41) is 3.78. The molecule has 0 aliphatic carbocycles. The standard InChI is InChI=1S/C28H28F2N4O3/c1-15(2)25(32-26(35)24(31)17-12-18(29)14-19(30)13-17)27(36)33-34-23-11-7-6-10-22(23)21-9-5-4-8-20(21)16(3)28(34)37/h4-16,24-25H,31H2,1-3H3,(H,32,35)(H,33,36)/t16?,24?,25-/m0/s1. The maximum atomic E-state index is 13.6. The van der Waals surface area contributed by atoms with Crippen molar-refractivity contribution in [3.63, 3.8) is 0 Å². The summed E-state index contributed by atoms with van der Waals surface area (Å²) in [6.07, 6.45) is 0. The molecule has 0 bridgehead atoms. The number of halogens is 2. The molecule has 3 amide bonds. The van der Waals surface area contributed by atoms with Crippen LogP contribution in [0.3, 0.4) is 0 Å². The smallest absolute Gasteiger partial charge is 0.261 e. The molecule has 3 atom stereocenters. The van der Waals surface area contributed by atoms with E-state index in [4.69, 9.17) is 5.73 Å². The number of anilines is 1. The van der Waals surface area contributed by atoms with Crippen LogP contribution >= 0.6 is 0 Å². The number of rotatable bonds is 6. The Morgan fingerprint density at radius 1 is 0.919 bits per heavy atom. The van der Waals surface area contributed by atoms with Gasteiger partial charge in [-0.25, -0.2) is 13.8 Å². The van der Waals surface area contributed by atoms with Gasteiger partial charge in [0.05, 0.1) is 11.6 Å². The maximum absolute atomic E-state index is 13.6. The first kappa shape index (κ1) is 26.0. The van der Waals surface area contributed by atoms with Crippen LogP contribution in [0.2, 0.25) is 0 Å². The molecule has 192 valence electrons. The minimum atomic E-state index is -1.41. The second kappa shape index (κ2) is 10.5. The Hall–Kier alpha value is -4.11. The molecule has 4 N–H and O–H groups in total. The number of para-hydroxylation sites is 1. The largest absolute Gasteiger partial charge is 0.342 e. The van der Waals surface area contributed by atoms with Gasteiger partial charge in [0.2, 0.25) is 5.91 Å². The Labute approximate surface area is 213 Å². The van der Waals surface area contributed by atoms with Crippen LogP contribution in [0.25, 0.3) is 11.1 Å². The first-order chi connectivity index (χ1) is 17.6. The summed E-state index contributed by atoms with van der Waals surface area (Å²) < 4.78 is 27.2. The lowest BCUT2D eigenvalue weighted by Gasteiger charge is -2.29. The Morgan fingerprint density at radius 2 is 1.51 bits per heavy atom. The Morgan fingerprint density at radius 3 is 2.16 bits per heavy atom. The van der Waals surface area contributed by atoms with Crippen LogP contribution in [0, 0.1) is 17.6 Å². The lowest BCUT2D eigenvalue weighted by atomic mass is 9.92. The van der Waals surface area contributed by atoms with Crippen molar-refractivity contribution in [2.24, 2.45) is 11.7 Å². The summed E-state index contributed by atoms with van der Waals surface area (Å²) in [6, 6.07) is 14.9.